The molecular formula is C31H37F3N4O5. The van der Waals surface area contributed by atoms with Gasteiger partial charge in [-0.1, -0.05) is 18.2 Å². The molecule has 0 spiro atoms. The van der Waals surface area contributed by atoms with E-state index in [1.165, 1.54) is 32.4 Å². The molecule has 232 valence electrons. The molecular weight excluding hydrogens is 565 g/mol. The molecule has 12 heteroatoms. The molecule has 2 saturated heterocycles. The van der Waals surface area contributed by atoms with Crippen LogP contribution in [0.1, 0.15) is 44.9 Å². The van der Waals surface area contributed by atoms with E-state index < -0.39 is 12.1 Å². The molecule has 1 aliphatic carbocycles. The molecule has 1 unspecified atom stereocenters. The topological polar surface area (TPSA) is 104 Å². The van der Waals surface area contributed by atoms with E-state index >= 15 is 0 Å². The lowest BCUT2D eigenvalue weighted by Gasteiger charge is -2.34. The number of aromatic nitrogens is 1. The Hall–Kier alpha value is -3.80. The summed E-state index contributed by atoms with van der Waals surface area (Å²) in [7, 11) is 1.69. The summed E-state index contributed by atoms with van der Waals surface area (Å²) in [5.74, 6) is -1.05. The highest BCUT2D eigenvalue weighted by atomic mass is 19.4. The highest BCUT2D eigenvalue weighted by molar-refractivity contribution is 6.08. The van der Waals surface area contributed by atoms with Gasteiger partial charge in [-0.15, -0.1) is 0 Å². The van der Waals surface area contributed by atoms with E-state index in [0.29, 0.717) is 24.8 Å². The van der Waals surface area contributed by atoms with Crippen LogP contribution in [0, 0.1) is 0 Å². The van der Waals surface area contributed by atoms with Crippen LogP contribution in [-0.4, -0.2) is 89.9 Å². The fourth-order valence-electron chi connectivity index (χ4n) is 5.89. The Morgan fingerprint density at radius 2 is 1.79 bits per heavy atom. The number of carbonyl (C=O) groups excluding carboxylic acids is 1. The monoisotopic (exact) mass is 602 g/mol. The number of fused-ring (bicyclic) bond motifs is 2. The van der Waals surface area contributed by atoms with Crippen molar-refractivity contribution >= 4 is 39.4 Å². The maximum atomic E-state index is 12.7. The van der Waals surface area contributed by atoms with Crippen LogP contribution in [0.25, 0.3) is 21.8 Å². The summed E-state index contributed by atoms with van der Waals surface area (Å²) < 4.78 is 43.7. The van der Waals surface area contributed by atoms with Crippen molar-refractivity contribution in [2.45, 2.75) is 63.2 Å². The molecule has 0 bridgehead atoms. The standard InChI is InChI=1S/C29H36N4O3.C2HF3O2/c1-35-26-17-23-25(18-27(26)36-15-7-14-32-12-4-5-13-32)31-24-11-3-2-10-22(24)29(23)30-20-16-28(34)33(19-20)21-8-6-9-21;3-2(4,5)1(6)7/h2-3,10-11,17-18,20-21H,4-9,12-16,19H2,1H3,(H,30,31);(H,6,7). The third kappa shape index (κ3) is 7.23. The number of methoxy groups -OCH3 is 1. The zero-order chi connectivity index (χ0) is 30.6. The number of benzene rings is 2. The number of carboxylic acids is 1. The van der Waals surface area contributed by atoms with Crippen molar-refractivity contribution in [3.8, 4) is 11.5 Å². The smallest absolute Gasteiger partial charge is 0.490 e. The number of pyridine rings is 1. The first-order valence-electron chi connectivity index (χ1n) is 14.8. The maximum Gasteiger partial charge on any atom is 0.490 e. The van der Waals surface area contributed by atoms with Crippen LogP contribution in [0.5, 0.6) is 11.5 Å². The number of rotatable bonds is 9. The summed E-state index contributed by atoms with van der Waals surface area (Å²) >= 11 is 0. The molecule has 6 rings (SSSR count). The SMILES string of the molecule is COc1cc2c(NC3CC(=O)N(C4CCC4)C3)c3ccccc3nc2cc1OCCCN1CCCC1.O=C(O)C(F)(F)F. The van der Waals surface area contributed by atoms with Gasteiger partial charge in [0.25, 0.3) is 0 Å². The summed E-state index contributed by atoms with van der Waals surface area (Å²) in [6.07, 6.45) is 2.56. The minimum Gasteiger partial charge on any atom is -0.493 e. The Labute approximate surface area is 247 Å². The van der Waals surface area contributed by atoms with Crippen LogP contribution >= 0.6 is 0 Å². The van der Waals surface area contributed by atoms with Gasteiger partial charge in [-0.3, -0.25) is 4.79 Å². The predicted molar refractivity (Wildman–Crippen MR) is 157 cm³/mol. The normalized spacial score (nSPS) is 19.3. The predicted octanol–water partition coefficient (Wildman–Crippen LogP) is 5.46. The fourth-order valence-corrected chi connectivity index (χ4v) is 5.89. The van der Waals surface area contributed by atoms with Gasteiger partial charge in [0.1, 0.15) is 0 Å². The Morgan fingerprint density at radius 1 is 1.07 bits per heavy atom. The summed E-state index contributed by atoms with van der Waals surface area (Å²) in [4.78, 5) is 31.2. The Morgan fingerprint density at radius 3 is 2.44 bits per heavy atom. The van der Waals surface area contributed by atoms with Crippen molar-refractivity contribution in [3.05, 3.63) is 36.4 Å². The lowest BCUT2D eigenvalue weighted by molar-refractivity contribution is -0.192. The van der Waals surface area contributed by atoms with Crippen molar-refractivity contribution in [1.82, 2.24) is 14.8 Å². The molecule has 1 saturated carbocycles. The van der Waals surface area contributed by atoms with Gasteiger partial charge >= 0.3 is 12.1 Å². The van der Waals surface area contributed by atoms with E-state index in [9.17, 15) is 18.0 Å². The minimum atomic E-state index is -5.08. The quantitative estimate of drug-likeness (QED) is 0.246. The lowest BCUT2D eigenvalue weighted by Crippen LogP contribution is -2.41. The molecule has 2 N–H and O–H groups in total. The minimum absolute atomic E-state index is 0.0830. The van der Waals surface area contributed by atoms with E-state index in [0.717, 1.165) is 65.6 Å². The summed E-state index contributed by atoms with van der Waals surface area (Å²) in [5.41, 5.74) is 2.81. The largest absolute Gasteiger partial charge is 0.493 e. The summed E-state index contributed by atoms with van der Waals surface area (Å²) in [5, 5.41) is 12.9. The molecule has 0 radical (unpaired) electrons. The van der Waals surface area contributed by atoms with Crippen molar-refractivity contribution in [1.29, 1.82) is 0 Å². The number of nitrogens with one attached hydrogen (secondary N) is 1. The number of para-hydroxylation sites is 1. The number of amides is 1. The molecule has 9 nitrogen and oxygen atoms in total. The average molecular weight is 603 g/mol. The van der Waals surface area contributed by atoms with E-state index in [4.69, 9.17) is 24.4 Å². The number of carbonyl (C=O) groups is 2. The number of likely N-dealkylation sites (tertiary alicyclic amines) is 2. The average Bonchev–Trinajstić information content (AvgIpc) is 3.59. The van der Waals surface area contributed by atoms with Crippen molar-refractivity contribution in [2.75, 3.05) is 45.2 Å². The van der Waals surface area contributed by atoms with Gasteiger partial charge in [0.05, 0.1) is 36.5 Å². The number of nitrogens with zero attached hydrogens (tertiary/aromatic N) is 3. The van der Waals surface area contributed by atoms with Crippen molar-refractivity contribution in [2.24, 2.45) is 0 Å². The van der Waals surface area contributed by atoms with Gasteiger partial charge in [-0.2, -0.15) is 13.2 Å². The maximum absolute atomic E-state index is 12.7. The van der Waals surface area contributed by atoms with Crippen molar-refractivity contribution in [3.63, 3.8) is 0 Å². The first-order chi connectivity index (χ1) is 20.6. The number of carboxylic acid groups (broad SMARTS) is 1. The number of hydrogen-bond donors (Lipinski definition) is 2. The van der Waals surface area contributed by atoms with Gasteiger partial charge in [0, 0.05) is 42.4 Å². The van der Waals surface area contributed by atoms with Gasteiger partial charge < -0.3 is 29.7 Å². The van der Waals surface area contributed by atoms with Gasteiger partial charge in [0.15, 0.2) is 11.5 Å². The van der Waals surface area contributed by atoms with Crippen LogP contribution in [-0.2, 0) is 9.59 Å². The molecule has 3 aromatic rings. The number of hydrogen-bond acceptors (Lipinski definition) is 7. The second-order valence-corrected chi connectivity index (χ2v) is 11.3. The third-order valence-corrected chi connectivity index (χ3v) is 8.31. The van der Waals surface area contributed by atoms with E-state index in [-0.39, 0.29) is 11.9 Å². The zero-order valence-corrected chi connectivity index (χ0v) is 24.2. The number of ether oxygens (including phenoxy) is 2. The van der Waals surface area contributed by atoms with Crippen LogP contribution in [0.15, 0.2) is 36.4 Å². The Kier molecular flexibility index (Phi) is 9.43. The van der Waals surface area contributed by atoms with Crippen LogP contribution in [0.3, 0.4) is 0 Å². The molecule has 43 heavy (non-hydrogen) atoms. The van der Waals surface area contributed by atoms with E-state index in [1.54, 1.807) is 7.11 Å². The number of halogens is 3. The molecule has 3 heterocycles. The van der Waals surface area contributed by atoms with Gasteiger partial charge in [-0.25, -0.2) is 9.78 Å². The first-order valence-corrected chi connectivity index (χ1v) is 14.8. The molecule has 3 fully saturated rings. The summed E-state index contributed by atoms with van der Waals surface area (Å²) in [6.45, 7) is 4.90. The lowest BCUT2D eigenvalue weighted by atomic mass is 9.92. The Bertz CT molecular complexity index is 1460. The molecule has 1 amide bonds. The van der Waals surface area contributed by atoms with Crippen LogP contribution < -0.4 is 14.8 Å². The molecule has 2 aliphatic heterocycles. The highest BCUT2D eigenvalue weighted by Gasteiger charge is 2.38. The number of anilines is 1. The van der Waals surface area contributed by atoms with Crippen molar-refractivity contribution < 1.29 is 37.3 Å². The second kappa shape index (κ2) is 13.2. The zero-order valence-electron chi connectivity index (χ0n) is 24.2. The molecule has 1 atom stereocenters. The molecule has 3 aliphatic rings. The highest BCUT2D eigenvalue weighted by Crippen LogP contribution is 2.39. The Balaban J connectivity index is 0.000000472. The molecule has 2 aromatic carbocycles. The van der Waals surface area contributed by atoms with E-state index in [1.807, 2.05) is 30.3 Å². The summed E-state index contributed by atoms with van der Waals surface area (Å²) in [6, 6.07) is 12.7. The fraction of sp³-hybridized carbons (Fsp3) is 0.516. The number of alkyl halides is 3. The van der Waals surface area contributed by atoms with Gasteiger partial charge in [-0.05, 0) is 63.7 Å². The van der Waals surface area contributed by atoms with E-state index in [2.05, 4.69) is 21.2 Å². The van der Waals surface area contributed by atoms with Crippen LogP contribution in [0.4, 0.5) is 18.9 Å². The van der Waals surface area contributed by atoms with Gasteiger partial charge in [0.2, 0.25) is 5.91 Å². The first kappa shape index (κ1) is 30.7. The number of aliphatic carboxylic acids is 1. The van der Waals surface area contributed by atoms with Crippen LogP contribution in [0.2, 0.25) is 0 Å². The molecule has 1 aromatic heterocycles. The second-order valence-electron chi connectivity index (χ2n) is 11.3. The third-order valence-electron chi connectivity index (χ3n) is 8.31.